The molecule has 2 heteroatoms. The van der Waals surface area contributed by atoms with Crippen molar-refractivity contribution in [3.05, 3.63) is 0 Å². The van der Waals surface area contributed by atoms with Crippen LogP contribution in [0.1, 0.15) is 25.7 Å². The summed E-state index contributed by atoms with van der Waals surface area (Å²) in [4.78, 5) is 7.45. The minimum absolute atomic E-state index is 0.0321. The molecule has 0 saturated heterocycles. The summed E-state index contributed by atoms with van der Waals surface area (Å²) in [7, 11) is 0. The molecule has 0 aromatic carbocycles. The molecule has 11 heavy (non-hydrogen) atoms. The molecule has 1 aliphatic carbocycles. The average Bonchev–Trinajstić information content (AvgIpc) is 1.86. The van der Waals surface area contributed by atoms with E-state index in [1.165, 1.54) is 12.8 Å². The molecule has 1 fully saturated rings. The third kappa shape index (κ3) is 2.94. The van der Waals surface area contributed by atoms with E-state index in [0.29, 0.717) is 0 Å². The van der Waals surface area contributed by atoms with Gasteiger partial charge in [-0.15, -0.1) is 0 Å². The Labute approximate surface area is 74.1 Å². The third-order valence-corrected chi connectivity index (χ3v) is 11.4. The molecular weight excluding hydrogens is 243 g/mol. The maximum atomic E-state index is 9.48. The van der Waals surface area contributed by atoms with Crippen LogP contribution in [0.5, 0.6) is 0 Å². The maximum absolute atomic E-state index is 9.48. The van der Waals surface area contributed by atoms with Gasteiger partial charge in [0, 0.05) is 0 Å². The molecule has 0 spiro atoms. The van der Waals surface area contributed by atoms with Gasteiger partial charge < -0.3 is 0 Å². The van der Waals surface area contributed by atoms with Crippen molar-refractivity contribution in [1.29, 1.82) is 0 Å². The Morgan fingerprint density at radius 2 is 1.82 bits per heavy atom. The van der Waals surface area contributed by atoms with Gasteiger partial charge in [0.1, 0.15) is 0 Å². The second-order valence-electron chi connectivity index (χ2n) is 4.88. The van der Waals surface area contributed by atoms with Crippen molar-refractivity contribution in [2.45, 2.75) is 50.5 Å². The molecule has 1 rings (SSSR count). The summed E-state index contributed by atoms with van der Waals surface area (Å²) < 4.78 is 0.938. The van der Waals surface area contributed by atoms with Crippen LogP contribution in [0.4, 0.5) is 0 Å². The predicted molar refractivity (Wildman–Crippen MR) is 51.6 cm³/mol. The fourth-order valence-corrected chi connectivity index (χ4v) is 7.80. The van der Waals surface area contributed by atoms with Crippen LogP contribution in [-0.4, -0.2) is 29.6 Å². The van der Waals surface area contributed by atoms with Crippen molar-refractivity contribution in [2.24, 2.45) is 0 Å². The van der Waals surface area contributed by atoms with Crippen molar-refractivity contribution >= 4 is 18.4 Å². The van der Waals surface area contributed by atoms with E-state index in [-0.39, 0.29) is 6.10 Å². The molecule has 1 N–H and O–H groups in total. The zero-order valence-corrected chi connectivity index (χ0v) is 10.8. The Bertz CT molecular complexity index is 128. The van der Waals surface area contributed by atoms with E-state index >= 15 is 0 Å². The zero-order chi connectivity index (χ0) is 8.48. The van der Waals surface area contributed by atoms with Crippen LogP contribution < -0.4 is 0 Å². The molecule has 0 amide bonds. The van der Waals surface area contributed by atoms with E-state index in [2.05, 4.69) is 14.8 Å². The number of aliphatic hydroxyl groups excluding tert-OH is 1. The Morgan fingerprint density at radius 3 is 2.18 bits per heavy atom. The standard InChI is InChI=1S/C6H11O.3CH3.Sn/c7-6-4-2-1-3-5-6;;;;/h2,6-7H,1,3-5H2;3*1H3;/t6-;;;;/m1..../s1. The predicted octanol–water partition coefficient (Wildman–Crippen LogP) is 2.63. The first-order valence-corrected chi connectivity index (χ1v) is 14.9. The van der Waals surface area contributed by atoms with Gasteiger partial charge in [0.2, 0.25) is 0 Å². The second-order valence-corrected chi connectivity index (χ2v) is 20.7. The van der Waals surface area contributed by atoms with Crippen LogP contribution in [0.2, 0.25) is 18.8 Å². The van der Waals surface area contributed by atoms with Crippen molar-refractivity contribution in [3.63, 3.8) is 0 Å². The summed E-state index contributed by atoms with van der Waals surface area (Å²) in [6.07, 6.45) is 4.86. The molecule has 0 radical (unpaired) electrons. The van der Waals surface area contributed by atoms with Gasteiger partial charge in [0.25, 0.3) is 0 Å². The SMILES string of the molecule is [CH3][Sn]([CH3])([CH3])[C@@H]1CCC[C@H](O)C1. The van der Waals surface area contributed by atoms with E-state index < -0.39 is 18.4 Å². The fraction of sp³-hybridized carbons (Fsp3) is 1.00. The van der Waals surface area contributed by atoms with Gasteiger partial charge in [-0.05, 0) is 0 Å². The number of aliphatic hydroxyl groups is 1. The molecule has 0 heterocycles. The minimum atomic E-state index is -1.65. The van der Waals surface area contributed by atoms with Crippen molar-refractivity contribution in [1.82, 2.24) is 0 Å². The van der Waals surface area contributed by atoms with Gasteiger partial charge >= 0.3 is 74.0 Å². The van der Waals surface area contributed by atoms with E-state index in [9.17, 15) is 5.11 Å². The summed E-state index contributed by atoms with van der Waals surface area (Å²) in [5, 5.41) is 9.48. The van der Waals surface area contributed by atoms with Crippen molar-refractivity contribution in [3.8, 4) is 0 Å². The number of hydrogen-bond donors (Lipinski definition) is 1. The van der Waals surface area contributed by atoms with Gasteiger partial charge in [0.05, 0.1) is 0 Å². The van der Waals surface area contributed by atoms with Gasteiger partial charge in [-0.3, -0.25) is 0 Å². The molecule has 66 valence electrons. The summed E-state index contributed by atoms with van der Waals surface area (Å²) >= 11 is -1.65. The molecule has 1 saturated carbocycles. The van der Waals surface area contributed by atoms with Crippen molar-refractivity contribution in [2.75, 3.05) is 0 Å². The molecular formula is C9H20OSn. The molecule has 2 atom stereocenters. The monoisotopic (exact) mass is 264 g/mol. The summed E-state index contributed by atoms with van der Waals surface area (Å²) in [6.45, 7) is 0. The van der Waals surface area contributed by atoms with E-state index in [1.807, 2.05) is 0 Å². The third-order valence-electron chi connectivity index (χ3n) is 2.87. The Balaban J connectivity index is 2.46. The van der Waals surface area contributed by atoms with Gasteiger partial charge in [0.15, 0.2) is 0 Å². The summed E-state index contributed by atoms with van der Waals surface area (Å²) in [6, 6.07) is 0. The van der Waals surface area contributed by atoms with Crippen LogP contribution in [0.15, 0.2) is 0 Å². The van der Waals surface area contributed by atoms with E-state index in [0.717, 1.165) is 16.8 Å². The normalized spacial score (nSPS) is 33.8. The first-order chi connectivity index (χ1) is 5.00. The van der Waals surface area contributed by atoms with Crippen molar-refractivity contribution < 1.29 is 5.11 Å². The van der Waals surface area contributed by atoms with Gasteiger partial charge in [-0.1, -0.05) is 0 Å². The number of hydrogen-bond acceptors (Lipinski definition) is 1. The van der Waals surface area contributed by atoms with Crippen LogP contribution in [-0.2, 0) is 0 Å². The van der Waals surface area contributed by atoms with Crippen LogP contribution in [0, 0.1) is 0 Å². The molecule has 0 aromatic rings. The molecule has 1 nitrogen and oxygen atoms in total. The Hall–Kier alpha value is 0.759. The first-order valence-electron chi connectivity index (χ1n) is 4.68. The molecule has 0 aliphatic heterocycles. The van der Waals surface area contributed by atoms with Crippen LogP contribution >= 0.6 is 0 Å². The average molecular weight is 263 g/mol. The summed E-state index contributed by atoms with van der Waals surface area (Å²) in [5.41, 5.74) is 0. The first kappa shape index (κ1) is 9.84. The molecule has 0 aromatic heterocycles. The van der Waals surface area contributed by atoms with E-state index in [1.54, 1.807) is 0 Å². The Kier molecular flexibility index (Phi) is 3.26. The summed E-state index contributed by atoms with van der Waals surface area (Å²) in [5.74, 6) is 0. The van der Waals surface area contributed by atoms with Crippen LogP contribution in [0.25, 0.3) is 0 Å². The zero-order valence-electron chi connectivity index (χ0n) is 7.93. The van der Waals surface area contributed by atoms with Crippen LogP contribution in [0.3, 0.4) is 0 Å². The second kappa shape index (κ2) is 3.65. The number of rotatable bonds is 1. The van der Waals surface area contributed by atoms with Gasteiger partial charge in [-0.25, -0.2) is 0 Å². The topological polar surface area (TPSA) is 20.2 Å². The molecule has 0 unspecified atom stereocenters. The molecule has 0 bridgehead atoms. The quantitative estimate of drug-likeness (QED) is 0.721. The fourth-order valence-electron chi connectivity index (χ4n) is 1.95. The Morgan fingerprint density at radius 1 is 1.18 bits per heavy atom. The van der Waals surface area contributed by atoms with E-state index in [4.69, 9.17) is 0 Å². The van der Waals surface area contributed by atoms with Gasteiger partial charge in [-0.2, -0.15) is 0 Å². The molecule has 1 aliphatic rings.